The third kappa shape index (κ3) is 15.1. The second kappa shape index (κ2) is 28.1. The van der Waals surface area contributed by atoms with E-state index in [0.29, 0.717) is 59.7 Å². The monoisotopic (exact) mass is 1110 g/mol. The molecule has 0 fully saturated rings. The number of rotatable bonds is 10. The molecule has 82 heavy (non-hydrogen) atoms. The Balaban J connectivity index is 0.000000148. The van der Waals surface area contributed by atoms with Gasteiger partial charge in [-0.15, -0.1) is 0 Å². The first kappa shape index (κ1) is 63.0. The molecule has 7 heterocycles. The highest BCUT2D eigenvalue weighted by Crippen LogP contribution is 2.39. The number of para-hydroxylation sites is 1. The van der Waals surface area contributed by atoms with Gasteiger partial charge in [0.2, 0.25) is 6.79 Å². The molecule has 13 heteroatoms. The zero-order valence-electron chi connectivity index (χ0n) is 53.7. The molecule has 5 aliphatic rings. The van der Waals surface area contributed by atoms with E-state index in [1.165, 1.54) is 71.0 Å². The number of benzene rings is 3. The van der Waals surface area contributed by atoms with Crippen LogP contribution in [-0.2, 0) is 32.6 Å². The molecule has 11 rings (SSSR count). The SMILES string of the molecule is CC(C)C1=Cc2ccccc2CN1C(C)C.CC(C)C1=Nc2ccccc2CN1C(C)C.CC(C)C1=Nc2ccnn2CN1C(C)C.CC(C)c1nc2c(c[n+]1C(C)C)CCCC2.CC(C)c1nc2ccc3c(c2nc1C(C)C)OCO3. The van der Waals surface area contributed by atoms with Crippen molar-refractivity contribution in [1.82, 2.24) is 39.4 Å². The van der Waals surface area contributed by atoms with E-state index in [1.807, 2.05) is 22.9 Å². The van der Waals surface area contributed by atoms with Gasteiger partial charge in [-0.25, -0.2) is 29.2 Å². The number of aliphatic imine (C=N–C) groups is 2. The summed E-state index contributed by atoms with van der Waals surface area (Å²) in [5, 5.41) is 4.25. The van der Waals surface area contributed by atoms with E-state index in [0.717, 1.165) is 71.0 Å². The van der Waals surface area contributed by atoms with Crippen LogP contribution in [0, 0.1) is 17.8 Å². The van der Waals surface area contributed by atoms with Crippen LogP contribution in [0.5, 0.6) is 11.5 Å². The average molecular weight is 1120 g/mol. The Kier molecular flexibility index (Phi) is 21.6. The topological polar surface area (TPSA) is 113 Å². The Bertz CT molecular complexity index is 3060. The van der Waals surface area contributed by atoms with E-state index in [1.54, 1.807) is 6.20 Å². The van der Waals surface area contributed by atoms with Crippen molar-refractivity contribution < 1.29 is 14.0 Å². The van der Waals surface area contributed by atoms with Gasteiger partial charge in [0.15, 0.2) is 23.0 Å². The minimum Gasteiger partial charge on any atom is -0.454 e. The van der Waals surface area contributed by atoms with Gasteiger partial charge in [-0.1, -0.05) is 131 Å². The van der Waals surface area contributed by atoms with Crippen molar-refractivity contribution >= 4 is 40.3 Å². The summed E-state index contributed by atoms with van der Waals surface area (Å²) >= 11 is 0. The predicted molar refractivity (Wildman–Crippen MR) is 340 cm³/mol. The predicted octanol–water partition coefficient (Wildman–Crippen LogP) is 16.3. The van der Waals surface area contributed by atoms with Crippen molar-refractivity contribution in [3.63, 3.8) is 0 Å². The number of hydrogen-bond acceptors (Lipinski definition) is 11. The van der Waals surface area contributed by atoms with Gasteiger partial charge >= 0.3 is 5.82 Å². The zero-order valence-corrected chi connectivity index (χ0v) is 53.7. The molecule has 0 amide bonds. The van der Waals surface area contributed by atoms with Gasteiger partial charge in [0.25, 0.3) is 0 Å². The minimum absolute atomic E-state index is 0.263. The first-order chi connectivity index (χ1) is 38.9. The van der Waals surface area contributed by atoms with Crippen LogP contribution in [0.4, 0.5) is 11.5 Å². The summed E-state index contributed by atoms with van der Waals surface area (Å²) in [6, 6.07) is 25.0. The molecule has 0 unspecified atom stereocenters. The van der Waals surface area contributed by atoms with Gasteiger partial charge in [0, 0.05) is 66.8 Å². The lowest BCUT2D eigenvalue weighted by Gasteiger charge is -2.37. The van der Waals surface area contributed by atoms with Gasteiger partial charge in [0.1, 0.15) is 23.9 Å². The third-order valence-corrected chi connectivity index (χ3v) is 15.6. The van der Waals surface area contributed by atoms with Crippen LogP contribution in [-0.4, -0.2) is 76.0 Å². The molecular formula is C69H100N11O2+. The molecule has 0 bridgehead atoms. The van der Waals surface area contributed by atoms with Gasteiger partial charge in [0.05, 0.1) is 46.9 Å². The summed E-state index contributed by atoms with van der Waals surface area (Å²) in [6.07, 6.45) is 11.5. The van der Waals surface area contributed by atoms with Crippen LogP contribution in [0.3, 0.4) is 0 Å². The molecule has 0 radical (unpaired) electrons. The highest BCUT2D eigenvalue weighted by Gasteiger charge is 2.28. The number of aromatic nitrogens is 6. The average Bonchev–Trinajstić information content (AvgIpc) is 4.29. The van der Waals surface area contributed by atoms with Crippen LogP contribution >= 0.6 is 0 Å². The van der Waals surface area contributed by atoms with Crippen LogP contribution in [0.25, 0.3) is 17.1 Å². The van der Waals surface area contributed by atoms with E-state index < -0.39 is 0 Å². The normalized spacial score (nSPS) is 15.1. The molecule has 0 saturated heterocycles. The zero-order chi connectivity index (χ0) is 59.7. The fourth-order valence-electron chi connectivity index (χ4n) is 11.1. The lowest BCUT2D eigenvalue weighted by Crippen LogP contribution is -2.43. The molecule has 0 N–H and O–H groups in total. The van der Waals surface area contributed by atoms with Crippen molar-refractivity contribution in [3.8, 4) is 11.5 Å². The molecule has 0 saturated carbocycles. The minimum atomic E-state index is 0.263. The molecule has 442 valence electrons. The Labute approximate surface area is 493 Å². The van der Waals surface area contributed by atoms with E-state index in [4.69, 9.17) is 29.4 Å². The first-order valence-corrected chi connectivity index (χ1v) is 30.9. The number of amidine groups is 2. The van der Waals surface area contributed by atoms with Crippen molar-refractivity contribution in [1.29, 1.82) is 0 Å². The number of hydrogen-bond donors (Lipinski definition) is 0. The molecule has 3 aromatic carbocycles. The Morgan fingerprint density at radius 2 is 1.13 bits per heavy atom. The lowest BCUT2D eigenvalue weighted by atomic mass is 9.96. The molecule has 0 spiro atoms. The number of fused-ring (bicyclic) bond motifs is 7. The molecule has 3 aromatic heterocycles. The van der Waals surface area contributed by atoms with E-state index >= 15 is 0 Å². The fourth-order valence-corrected chi connectivity index (χ4v) is 11.1. The third-order valence-electron chi connectivity index (χ3n) is 15.6. The Hall–Kier alpha value is -6.63. The highest BCUT2D eigenvalue weighted by molar-refractivity contribution is 5.89. The van der Waals surface area contributed by atoms with Crippen LogP contribution in [0.15, 0.2) is 94.8 Å². The maximum absolute atomic E-state index is 5.52. The summed E-state index contributed by atoms with van der Waals surface area (Å²) < 4.78 is 15.2. The maximum Gasteiger partial charge on any atom is 0.301 e. The van der Waals surface area contributed by atoms with Gasteiger partial charge in [-0.3, -0.25) is 0 Å². The standard InChI is InChI=1S/C15H18N2O2.C15H21N.C14H23N2.C14H20N2.C11H18N4/c1-8(2)12-13(9(3)4)17-14-10(16-12)5-6-11-15(14)19-7-18-11;1-11(2)15-9-13-7-5-6-8-14(13)10-16(15)12(3)4;2*1-10(2)14-15-13-8-6-5-7-12(13)9-16(14)11(3)4;1-8(2)11-13-10-5-6-12-15(10)7-14(11)9(3)4/h5-6,8-9H,7H2,1-4H3;5-9,11-12H,10H2,1-4H3;9-11H,5-8H2,1-4H3;5-8,10-11H,9H2,1-4H3;5-6,8-9H,7H2,1-4H3/q;;+1;;. The van der Waals surface area contributed by atoms with Gasteiger partial charge in [-0.2, -0.15) is 5.10 Å². The van der Waals surface area contributed by atoms with Gasteiger partial charge < -0.3 is 24.2 Å². The number of aryl methyl sites for hydroxylation is 2. The second-order valence-electron chi connectivity index (χ2n) is 25.5. The largest absolute Gasteiger partial charge is 0.454 e. The van der Waals surface area contributed by atoms with Crippen LogP contribution in [0.2, 0.25) is 0 Å². The van der Waals surface area contributed by atoms with E-state index in [2.05, 4.69) is 229 Å². The van der Waals surface area contributed by atoms with Crippen LogP contribution < -0.4 is 14.0 Å². The molecule has 4 aliphatic heterocycles. The summed E-state index contributed by atoms with van der Waals surface area (Å²) in [5.41, 5.74) is 13.4. The Morgan fingerprint density at radius 1 is 0.524 bits per heavy atom. The van der Waals surface area contributed by atoms with E-state index in [9.17, 15) is 0 Å². The van der Waals surface area contributed by atoms with Gasteiger partial charge in [-0.05, 0) is 133 Å². The summed E-state index contributed by atoms with van der Waals surface area (Å²) in [4.78, 5) is 31.1. The number of ether oxygens (including phenoxy) is 2. The lowest BCUT2D eigenvalue weighted by molar-refractivity contribution is -0.727. The summed E-state index contributed by atoms with van der Waals surface area (Å²) in [5.74, 6) is 8.82. The van der Waals surface area contributed by atoms with Crippen molar-refractivity contribution in [2.45, 2.75) is 226 Å². The maximum atomic E-state index is 5.52. The first-order valence-electron chi connectivity index (χ1n) is 30.9. The highest BCUT2D eigenvalue weighted by atomic mass is 16.7. The van der Waals surface area contributed by atoms with Crippen LogP contribution in [0.1, 0.15) is 220 Å². The number of allylic oxidation sites excluding steroid dienone is 1. The quantitative estimate of drug-likeness (QED) is 0.124. The Morgan fingerprint density at radius 3 is 1.76 bits per heavy atom. The smallest absolute Gasteiger partial charge is 0.301 e. The summed E-state index contributed by atoms with van der Waals surface area (Å²) in [7, 11) is 0. The molecule has 13 nitrogen and oxygen atoms in total. The van der Waals surface area contributed by atoms with E-state index in [-0.39, 0.29) is 6.79 Å². The molecular weight excluding hydrogens is 1010 g/mol. The molecule has 1 aliphatic carbocycles. The fraction of sp³-hybridized carbons (Fsp3) is 0.551. The molecule has 6 aromatic rings. The van der Waals surface area contributed by atoms with Crippen molar-refractivity contribution in [2.24, 2.45) is 27.7 Å². The van der Waals surface area contributed by atoms with Crippen molar-refractivity contribution in [2.75, 3.05) is 6.79 Å². The number of nitrogens with zero attached hydrogens (tertiary/aromatic N) is 11. The second-order valence-corrected chi connectivity index (χ2v) is 25.5. The summed E-state index contributed by atoms with van der Waals surface area (Å²) in [6.45, 7) is 47.3. The van der Waals surface area contributed by atoms with Crippen molar-refractivity contribution in [3.05, 3.63) is 130 Å². The molecule has 0 atom stereocenters.